The number of aromatic nitrogens is 3. The van der Waals surface area contributed by atoms with Crippen LogP contribution in [-0.2, 0) is 0 Å². The van der Waals surface area contributed by atoms with Crippen LogP contribution in [0.4, 0.5) is 0 Å². The average molecular weight is 361 g/mol. The van der Waals surface area contributed by atoms with Crippen LogP contribution in [0.3, 0.4) is 0 Å². The Morgan fingerprint density at radius 1 is 1.04 bits per heavy atom. The fourth-order valence-electron chi connectivity index (χ4n) is 3.66. The van der Waals surface area contributed by atoms with Crippen molar-refractivity contribution < 1.29 is 4.79 Å². The molecule has 0 bridgehead atoms. The van der Waals surface area contributed by atoms with Gasteiger partial charge in [0.1, 0.15) is 0 Å². The Morgan fingerprint density at radius 3 is 2.30 bits per heavy atom. The molecular formula is C21H23N5O. The molecule has 27 heavy (non-hydrogen) atoms. The maximum atomic E-state index is 12.9. The van der Waals surface area contributed by atoms with Gasteiger partial charge in [-0.15, -0.1) is 5.10 Å². The van der Waals surface area contributed by atoms with E-state index >= 15 is 0 Å². The third kappa shape index (κ3) is 3.48. The van der Waals surface area contributed by atoms with Crippen molar-refractivity contribution in [1.29, 1.82) is 0 Å². The number of amides is 1. The predicted octanol–water partition coefficient (Wildman–Crippen LogP) is 2.94. The van der Waals surface area contributed by atoms with Gasteiger partial charge in [-0.2, -0.15) is 0 Å². The summed E-state index contributed by atoms with van der Waals surface area (Å²) >= 11 is 0. The van der Waals surface area contributed by atoms with Gasteiger partial charge >= 0.3 is 0 Å². The van der Waals surface area contributed by atoms with Crippen LogP contribution < -0.4 is 11.1 Å². The summed E-state index contributed by atoms with van der Waals surface area (Å²) in [7, 11) is 0. The van der Waals surface area contributed by atoms with Crippen LogP contribution in [0.25, 0.3) is 17.1 Å². The van der Waals surface area contributed by atoms with Crippen LogP contribution >= 0.6 is 0 Å². The van der Waals surface area contributed by atoms with Gasteiger partial charge in [-0.05, 0) is 25.0 Å². The van der Waals surface area contributed by atoms with Crippen LogP contribution in [-0.4, -0.2) is 32.8 Å². The van der Waals surface area contributed by atoms with E-state index in [1.165, 1.54) is 0 Å². The second-order valence-corrected chi connectivity index (χ2v) is 7.02. The highest BCUT2D eigenvalue weighted by Gasteiger charge is 2.35. The first-order valence-corrected chi connectivity index (χ1v) is 9.31. The number of carbonyl (C=O) groups excluding carboxylic acids is 1. The third-order valence-electron chi connectivity index (χ3n) is 5.17. The summed E-state index contributed by atoms with van der Waals surface area (Å²) in [5.74, 6) is 0.534. The predicted molar refractivity (Wildman–Crippen MR) is 105 cm³/mol. The van der Waals surface area contributed by atoms with E-state index in [9.17, 15) is 4.79 Å². The molecule has 3 aromatic rings. The average Bonchev–Trinajstić information content (AvgIpc) is 3.37. The lowest BCUT2D eigenvalue weighted by Crippen LogP contribution is -2.51. The van der Waals surface area contributed by atoms with Crippen molar-refractivity contribution in [3.8, 4) is 17.1 Å². The zero-order valence-corrected chi connectivity index (χ0v) is 15.1. The summed E-state index contributed by atoms with van der Waals surface area (Å²) in [5.41, 5.74) is 7.38. The Morgan fingerprint density at radius 2 is 1.67 bits per heavy atom. The smallest absolute Gasteiger partial charge is 0.291 e. The molecule has 0 spiro atoms. The highest BCUT2D eigenvalue weighted by Crippen LogP contribution is 2.29. The number of para-hydroxylation sites is 1. The Hall–Kier alpha value is -2.99. The van der Waals surface area contributed by atoms with E-state index in [0.717, 1.165) is 36.9 Å². The molecule has 138 valence electrons. The molecule has 2 aromatic carbocycles. The minimum absolute atomic E-state index is 0.164. The van der Waals surface area contributed by atoms with Crippen molar-refractivity contribution in [1.82, 2.24) is 20.1 Å². The van der Waals surface area contributed by atoms with Crippen molar-refractivity contribution in [3.63, 3.8) is 0 Å². The summed E-state index contributed by atoms with van der Waals surface area (Å²) in [5, 5.41) is 7.62. The number of carbonyl (C=O) groups is 1. The van der Waals surface area contributed by atoms with Gasteiger partial charge in [0, 0.05) is 12.1 Å². The lowest BCUT2D eigenvalue weighted by molar-refractivity contribution is 0.0892. The van der Waals surface area contributed by atoms with E-state index in [-0.39, 0.29) is 17.3 Å². The number of nitrogens with one attached hydrogen (secondary N) is 1. The number of benzene rings is 2. The maximum Gasteiger partial charge on any atom is 0.291 e. The van der Waals surface area contributed by atoms with Crippen LogP contribution in [0.2, 0.25) is 0 Å². The number of rotatable bonds is 5. The fourth-order valence-corrected chi connectivity index (χ4v) is 3.66. The quantitative estimate of drug-likeness (QED) is 0.732. The first kappa shape index (κ1) is 17.4. The zero-order chi connectivity index (χ0) is 18.7. The molecule has 6 nitrogen and oxygen atoms in total. The Labute approximate surface area is 158 Å². The highest BCUT2D eigenvalue weighted by atomic mass is 16.2. The molecule has 1 saturated carbocycles. The molecule has 6 heteroatoms. The SMILES string of the molecule is NCC1(NC(=O)c2nc(-c3ccccc3)n(-c3ccccc3)n2)CCCC1. The van der Waals surface area contributed by atoms with Crippen molar-refractivity contribution in [2.24, 2.45) is 5.73 Å². The lowest BCUT2D eigenvalue weighted by atomic mass is 9.98. The molecule has 1 heterocycles. The molecule has 0 unspecified atom stereocenters. The van der Waals surface area contributed by atoms with E-state index in [1.54, 1.807) is 4.68 Å². The van der Waals surface area contributed by atoms with Crippen LogP contribution in [0.5, 0.6) is 0 Å². The molecule has 1 amide bonds. The number of hydrogen-bond acceptors (Lipinski definition) is 4. The molecule has 1 aromatic heterocycles. The van der Waals surface area contributed by atoms with E-state index in [4.69, 9.17) is 5.73 Å². The molecule has 1 aliphatic rings. The van der Waals surface area contributed by atoms with E-state index in [2.05, 4.69) is 15.4 Å². The van der Waals surface area contributed by atoms with E-state index in [1.807, 2.05) is 60.7 Å². The minimum Gasteiger partial charge on any atom is -0.343 e. The molecule has 0 radical (unpaired) electrons. The topological polar surface area (TPSA) is 85.8 Å². The third-order valence-corrected chi connectivity index (χ3v) is 5.17. The van der Waals surface area contributed by atoms with Gasteiger partial charge in [0.2, 0.25) is 5.82 Å². The summed E-state index contributed by atoms with van der Waals surface area (Å²) in [6, 6.07) is 19.5. The largest absolute Gasteiger partial charge is 0.343 e. The zero-order valence-electron chi connectivity index (χ0n) is 15.1. The van der Waals surface area contributed by atoms with Gasteiger partial charge in [0.15, 0.2) is 5.82 Å². The van der Waals surface area contributed by atoms with Crippen LogP contribution in [0.15, 0.2) is 60.7 Å². The number of nitrogens with zero attached hydrogens (tertiary/aromatic N) is 3. The Bertz CT molecular complexity index is 857. The first-order valence-electron chi connectivity index (χ1n) is 9.31. The Kier molecular flexibility index (Phi) is 4.73. The second-order valence-electron chi connectivity index (χ2n) is 7.02. The minimum atomic E-state index is -0.331. The standard InChI is InChI=1S/C21H23N5O/c22-15-21(13-7-8-14-21)24-20(27)18-23-19(16-9-3-1-4-10-16)26(25-18)17-11-5-2-6-12-17/h1-6,9-12H,7-8,13-15,22H2,(H,24,27). The van der Waals surface area contributed by atoms with E-state index < -0.39 is 0 Å². The van der Waals surface area contributed by atoms with Crippen molar-refractivity contribution in [2.75, 3.05) is 6.54 Å². The van der Waals surface area contributed by atoms with Gasteiger partial charge in [-0.3, -0.25) is 4.79 Å². The van der Waals surface area contributed by atoms with E-state index in [0.29, 0.717) is 12.4 Å². The molecule has 0 aliphatic heterocycles. The number of hydrogen-bond donors (Lipinski definition) is 2. The van der Waals surface area contributed by atoms with Crippen molar-refractivity contribution >= 4 is 5.91 Å². The fraction of sp³-hybridized carbons (Fsp3) is 0.286. The summed E-state index contributed by atoms with van der Waals surface area (Å²) in [4.78, 5) is 17.5. The van der Waals surface area contributed by atoms with Gasteiger partial charge in [0.05, 0.1) is 11.2 Å². The summed E-state index contributed by atoms with van der Waals surface area (Å²) in [6.45, 7) is 0.434. The summed E-state index contributed by atoms with van der Waals surface area (Å²) in [6.07, 6.45) is 3.97. The van der Waals surface area contributed by atoms with Crippen LogP contribution in [0, 0.1) is 0 Å². The van der Waals surface area contributed by atoms with Crippen molar-refractivity contribution in [2.45, 2.75) is 31.2 Å². The molecular weight excluding hydrogens is 338 g/mol. The lowest BCUT2D eigenvalue weighted by Gasteiger charge is -2.27. The van der Waals surface area contributed by atoms with Crippen LogP contribution in [0.1, 0.15) is 36.3 Å². The molecule has 1 fully saturated rings. The second kappa shape index (κ2) is 7.32. The van der Waals surface area contributed by atoms with Crippen molar-refractivity contribution in [3.05, 3.63) is 66.5 Å². The first-order chi connectivity index (χ1) is 13.2. The number of nitrogens with two attached hydrogens (primary N) is 1. The van der Waals surface area contributed by atoms with Gasteiger partial charge in [0.25, 0.3) is 5.91 Å². The molecule has 0 atom stereocenters. The Balaban J connectivity index is 1.72. The normalized spacial score (nSPS) is 15.6. The van der Waals surface area contributed by atoms with Gasteiger partial charge < -0.3 is 11.1 Å². The maximum absolute atomic E-state index is 12.9. The van der Waals surface area contributed by atoms with Gasteiger partial charge in [-0.25, -0.2) is 9.67 Å². The monoisotopic (exact) mass is 361 g/mol. The van der Waals surface area contributed by atoms with Gasteiger partial charge in [-0.1, -0.05) is 61.4 Å². The molecule has 3 N–H and O–H groups in total. The summed E-state index contributed by atoms with van der Waals surface area (Å²) < 4.78 is 1.72. The highest BCUT2D eigenvalue weighted by molar-refractivity contribution is 5.91. The molecule has 4 rings (SSSR count). The molecule has 0 saturated heterocycles. The molecule has 1 aliphatic carbocycles.